The second-order valence-corrected chi connectivity index (χ2v) is 4.12. The second-order valence-electron chi connectivity index (χ2n) is 4.12. The Balaban J connectivity index is 2.23. The van der Waals surface area contributed by atoms with E-state index in [2.05, 4.69) is 4.98 Å². The number of hydrogen-bond donors (Lipinski definition) is 1. The summed E-state index contributed by atoms with van der Waals surface area (Å²) in [6, 6.07) is -0.749. The van der Waals surface area contributed by atoms with Crippen LogP contribution in [0.4, 0.5) is 0 Å². The fourth-order valence-electron chi connectivity index (χ4n) is 2.07. The Morgan fingerprint density at radius 1 is 1.53 bits per heavy atom. The van der Waals surface area contributed by atoms with Gasteiger partial charge in [0.2, 0.25) is 5.76 Å². The molecule has 17 heavy (non-hydrogen) atoms. The largest absolute Gasteiger partial charge is 0.480 e. The monoisotopic (exact) mass is 238 g/mol. The zero-order valence-electron chi connectivity index (χ0n) is 9.55. The molecule has 2 rings (SSSR count). The van der Waals surface area contributed by atoms with Gasteiger partial charge in [-0.1, -0.05) is 0 Å². The molecular formula is C11H14N2O4. The van der Waals surface area contributed by atoms with Crippen molar-refractivity contribution in [3.8, 4) is 0 Å². The minimum Gasteiger partial charge on any atom is -0.480 e. The number of carbonyl (C=O) groups is 2. The van der Waals surface area contributed by atoms with E-state index in [1.165, 1.54) is 11.3 Å². The van der Waals surface area contributed by atoms with Gasteiger partial charge in [-0.25, -0.2) is 9.78 Å². The van der Waals surface area contributed by atoms with E-state index in [0.717, 1.165) is 12.8 Å². The fourth-order valence-corrected chi connectivity index (χ4v) is 2.07. The summed E-state index contributed by atoms with van der Waals surface area (Å²) in [5, 5.41) is 9.08. The van der Waals surface area contributed by atoms with Crippen LogP contribution in [0.2, 0.25) is 0 Å². The molecule has 1 aliphatic heterocycles. The van der Waals surface area contributed by atoms with E-state index < -0.39 is 12.0 Å². The van der Waals surface area contributed by atoms with Crippen LogP contribution in [-0.2, 0) is 4.79 Å². The van der Waals surface area contributed by atoms with Gasteiger partial charge < -0.3 is 14.4 Å². The van der Waals surface area contributed by atoms with Crippen LogP contribution < -0.4 is 0 Å². The molecule has 0 saturated carbocycles. The summed E-state index contributed by atoms with van der Waals surface area (Å²) in [6.07, 6.45) is 3.34. The lowest BCUT2D eigenvalue weighted by atomic mass is 10.0. The van der Waals surface area contributed by atoms with Crippen LogP contribution >= 0.6 is 0 Å². The number of nitrogens with zero attached hydrogens (tertiary/aromatic N) is 2. The van der Waals surface area contributed by atoms with Gasteiger partial charge in [-0.05, 0) is 26.2 Å². The quantitative estimate of drug-likeness (QED) is 0.832. The number of carboxylic acid groups (broad SMARTS) is 1. The number of rotatable bonds is 2. The molecule has 1 aromatic heterocycles. The number of oxazole rings is 1. The molecule has 6 nitrogen and oxygen atoms in total. The topological polar surface area (TPSA) is 83.6 Å². The van der Waals surface area contributed by atoms with E-state index >= 15 is 0 Å². The van der Waals surface area contributed by atoms with Crippen molar-refractivity contribution in [2.24, 2.45) is 0 Å². The molecule has 2 heterocycles. The summed E-state index contributed by atoms with van der Waals surface area (Å²) >= 11 is 0. The molecule has 1 fully saturated rings. The number of carboxylic acids is 1. The van der Waals surface area contributed by atoms with Crippen LogP contribution in [0.1, 0.15) is 35.5 Å². The normalized spacial score (nSPS) is 20.3. The number of carbonyl (C=O) groups excluding carboxylic acids is 1. The van der Waals surface area contributed by atoms with Crippen molar-refractivity contribution in [3.63, 3.8) is 0 Å². The molecule has 0 aromatic carbocycles. The molecule has 1 atom stereocenters. The van der Waals surface area contributed by atoms with Crippen LogP contribution in [0.25, 0.3) is 0 Å². The van der Waals surface area contributed by atoms with Gasteiger partial charge in [-0.2, -0.15) is 0 Å². The van der Waals surface area contributed by atoms with E-state index in [-0.39, 0.29) is 11.7 Å². The van der Waals surface area contributed by atoms with Gasteiger partial charge in [0.25, 0.3) is 5.91 Å². The number of hydrogen-bond acceptors (Lipinski definition) is 4. The van der Waals surface area contributed by atoms with Gasteiger partial charge in [-0.3, -0.25) is 4.79 Å². The average molecular weight is 238 g/mol. The van der Waals surface area contributed by atoms with Crippen molar-refractivity contribution in [2.75, 3.05) is 6.54 Å². The first kappa shape index (κ1) is 11.6. The van der Waals surface area contributed by atoms with Gasteiger partial charge in [-0.15, -0.1) is 0 Å². The maximum atomic E-state index is 12.1. The zero-order valence-corrected chi connectivity index (χ0v) is 9.55. The summed E-state index contributed by atoms with van der Waals surface area (Å²) < 4.78 is 5.01. The molecule has 0 radical (unpaired) electrons. The first-order valence-corrected chi connectivity index (χ1v) is 5.55. The highest BCUT2D eigenvalue weighted by atomic mass is 16.4. The average Bonchev–Trinajstić information content (AvgIpc) is 2.74. The summed E-state index contributed by atoms with van der Waals surface area (Å²) in [7, 11) is 0. The Kier molecular flexibility index (Phi) is 3.12. The first-order chi connectivity index (χ1) is 8.11. The third kappa shape index (κ3) is 2.15. The zero-order chi connectivity index (χ0) is 12.4. The van der Waals surface area contributed by atoms with Gasteiger partial charge >= 0.3 is 5.97 Å². The van der Waals surface area contributed by atoms with Gasteiger partial charge in [0.15, 0.2) is 6.39 Å². The number of aliphatic carboxylic acids is 1. The lowest BCUT2D eigenvalue weighted by Crippen LogP contribution is -2.48. The van der Waals surface area contributed by atoms with Crippen LogP contribution in [0.5, 0.6) is 0 Å². The lowest BCUT2D eigenvalue weighted by Gasteiger charge is -2.32. The predicted octanol–water partition coefficient (Wildman–Crippen LogP) is 1.06. The molecule has 6 heteroatoms. The minimum absolute atomic E-state index is 0.137. The molecule has 92 valence electrons. The maximum absolute atomic E-state index is 12.1. The molecule has 1 aromatic rings. The smallest absolute Gasteiger partial charge is 0.326 e. The summed E-state index contributed by atoms with van der Waals surface area (Å²) in [5.74, 6) is -1.21. The maximum Gasteiger partial charge on any atom is 0.326 e. The molecule has 0 spiro atoms. The van der Waals surface area contributed by atoms with Crippen molar-refractivity contribution in [1.29, 1.82) is 0 Å². The van der Waals surface area contributed by atoms with E-state index in [1.54, 1.807) is 6.92 Å². The molecule has 0 unspecified atom stereocenters. The third-order valence-electron chi connectivity index (χ3n) is 2.99. The van der Waals surface area contributed by atoms with Crippen LogP contribution in [0.15, 0.2) is 10.8 Å². The first-order valence-electron chi connectivity index (χ1n) is 5.55. The Morgan fingerprint density at radius 3 is 2.88 bits per heavy atom. The number of aryl methyl sites for hydroxylation is 1. The van der Waals surface area contributed by atoms with Crippen molar-refractivity contribution >= 4 is 11.9 Å². The molecule has 1 amide bonds. The Hall–Kier alpha value is -1.85. The number of likely N-dealkylation sites (tertiary alicyclic amines) is 1. The van der Waals surface area contributed by atoms with Gasteiger partial charge in [0.05, 0.1) is 5.69 Å². The van der Waals surface area contributed by atoms with Crippen LogP contribution in [0, 0.1) is 6.92 Å². The molecular weight excluding hydrogens is 224 g/mol. The lowest BCUT2D eigenvalue weighted by molar-refractivity contribution is -0.143. The highest BCUT2D eigenvalue weighted by Crippen LogP contribution is 2.20. The van der Waals surface area contributed by atoms with Crippen molar-refractivity contribution in [2.45, 2.75) is 32.2 Å². The van der Waals surface area contributed by atoms with E-state index in [4.69, 9.17) is 9.52 Å². The highest BCUT2D eigenvalue weighted by molar-refractivity contribution is 5.95. The molecule has 1 N–H and O–H groups in total. The molecule has 1 aliphatic rings. The summed E-state index contributed by atoms with van der Waals surface area (Å²) in [5.41, 5.74) is 0.490. The van der Waals surface area contributed by atoms with Gasteiger partial charge in [0.1, 0.15) is 6.04 Å². The highest BCUT2D eigenvalue weighted by Gasteiger charge is 2.34. The van der Waals surface area contributed by atoms with Gasteiger partial charge in [0, 0.05) is 6.54 Å². The Bertz CT molecular complexity index is 440. The van der Waals surface area contributed by atoms with Crippen molar-refractivity contribution in [3.05, 3.63) is 17.8 Å². The predicted molar refractivity (Wildman–Crippen MR) is 57.6 cm³/mol. The third-order valence-corrected chi connectivity index (χ3v) is 2.99. The van der Waals surface area contributed by atoms with Crippen molar-refractivity contribution < 1.29 is 19.1 Å². The number of amides is 1. The van der Waals surface area contributed by atoms with Crippen molar-refractivity contribution in [1.82, 2.24) is 9.88 Å². The number of aromatic nitrogens is 1. The number of piperidine rings is 1. The fraction of sp³-hybridized carbons (Fsp3) is 0.545. The molecule has 0 bridgehead atoms. The van der Waals surface area contributed by atoms with E-state index in [0.29, 0.717) is 18.7 Å². The summed E-state index contributed by atoms with van der Waals surface area (Å²) in [4.78, 5) is 28.4. The van der Waals surface area contributed by atoms with E-state index in [1.807, 2.05) is 0 Å². The molecule has 0 aliphatic carbocycles. The molecule has 1 saturated heterocycles. The second kappa shape index (κ2) is 4.57. The Morgan fingerprint density at radius 2 is 2.29 bits per heavy atom. The minimum atomic E-state index is -0.963. The van der Waals surface area contributed by atoms with E-state index in [9.17, 15) is 9.59 Å². The SMILES string of the molecule is Cc1ncoc1C(=O)N1CCCC[C@H]1C(=O)O. The Labute approximate surface area is 98.2 Å². The standard InChI is InChI=1S/C11H14N2O4/c1-7-9(17-6-12-7)10(14)13-5-3-2-4-8(13)11(15)16/h6,8H,2-5H2,1H3,(H,15,16)/t8-/m0/s1. The summed E-state index contributed by atoms with van der Waals surface area (Å²) in [6.45, 7) is 2.12. The van der Waals surface area contributed by atoms with Crippen LogP contribution in [0.3, 0.4) is 0 Å². The van der Waals surface area contributed by atoms with Crippen LogP contribution in [-0.4, -0.2) is 39.5 Å².